The molecule has 1 N–H and O–H groups in total. The number of amides is 1. The highest BCUT2D eigenvalue weighted by Gasteiger charge is 2.51. The molecule has 1 heterocycles. The van der Waals surface area contributed by atoms with Crippen LogP contribution in [-0.4, -0.2) is 31.2 Å². The number of carbonyl (C=O) groups excluding carboxylic acids is 2. The van der Waals surface area contributed by atoms with Crippen LogP contribution in [0, 0.1) is 0 Å². The van der Waals surface area contributed by atoms with E-state index in [9.17, 15) is 14.0 Å². The molecule has 0 aromatic carbocycles. The summed E-state index contributed by atoms with van der Waals surface area (Å²) >= 11 is 0. The Morgan fingerprint density at radius 1 is 1.82 bits per heavy atom. The van der Waals surface area contributed by atoms with Gasteiger partial charge in [-0.15, -0.1) is 0 Å². The number of halogens is 1. The number of rotatable bonds is 1. The number of alkyl halides is 1. The zero-order chi connectivity index (χ0) is 8.48. The van der Waals surface area contributed by atoms with Gasteiger partial charge in [0, 0.05) is 13.0 Å². The standard InChI is InChI=1S/C6H8FNO3/c1-11-5(10)6(7)2-3-8-4(6)9/h2-3H2,1H3,(H,8,9)/t6-/m0/s1. The molecule has 0 aromatic heterocycles. The molecular weight excluding hydrogens is 153 g/mol. The molecule has 1 amide bonds. The van der Waals surface area contributed by atoms with E-state index in [1.165, 1.54) is 0 Å². The van der Waals surface area contributed by atoms with E-state index in [-0.39, 0.29) is 13.0 Å². The van der Waals surface area contributed by atoms with E-state index in [2.05, 4.69) is 10.1 Å². The largest absolute Gasteiger partial charge is 0.466 e. The Balaban J connectivity index is 2.80. The van der Waals surface area contributed by atoms with E-state index < -0.39 is 17.5 Å². The van der Waals surface area contributed by atoms with Crippen LogP contribution in [0.4, 0.5) is 4.39 Å². The second-order valence-electron chi connectivity index (χ2n) is 2.30. The zero-order valence-electron chi connectivity index (χ0n) is 6.02. The minimum Gasteiger partial charge on any atom is -0.466 e. The number of ether oxygens (including phenoxy) is 1. The Labute approximate surface area is 62.7 Å². The van der Waals surface area contributed by atoms with Crippen LogP contribution in [0.1, 0.15) is 6.42 Å². The first kappa shape index (κ1) is 7.97. The summed E-state index contributed by atoms with van der Waals surface area (Å²) in [4.78, 5) is 21.4. The Bertz CT molecular complexity index is 206. The third kappa shape index (κ3) is 1.06. The average Bonchev–Trinajstić information content (AvgIpc) is 2.32. The Hall–Kier alpha value is -1.13. The van der Waals surface area contributed by atoms with Crippen molar-refractivity contribution in [1.82, 2.24) is 5.32 Å². The van der Waals surface area contributed by atoms with Crippen LogP contribution in [0.5, 0.6) is 0 Å². The third-order valence-electron chi connectivity index (χ3n) is 1.62. The van der Waals surface area contributed by atoms with Crippen LogP contribution in [0.3, 0.4) is 0 Å². The first-order valence-corrected chi connectivity index (χ1v) is 3.17. The van der Waals surface area contributed by atoms with Gasteiger partial charge in [-0.3, -0.25) is 4.79 Å². The molecule has 1 atom stereocenters. The molecule has 0 radical (unpaired) electrons. The number of methoxy groups -OCH3 is 1. The third-order valence-corrected chi connectivity index (χ3v) is 1.62. The second-order valence-corrected chi connectivity index (χ2v) is 2.30. The number of hydrogen-bond acceptors (Lipinski definition) is 3. The number of hydrogen-bond donors (Lipinski definition) is 1. The number of nitrogens with one attached hydrogen (secondary N) is 1. The van der Waals surface area contributed by atoms with Gasteiger partial charge in [-0.25, -0.2) is 9.18 Å². The molecular formula is C6H8FNO3. The van der Waals surface area contributed by atoms with Gasteiger partial charge in [0.2, 0.25) is 0 Å². The van der Waals surface area contributed by atoms with Crippen molar-refractivity contribution in [1.29, 1.82) is 0 Å². The van der Waals surface area contributed by atoms with Gasteiger partial charge in [0.1, 0.15) is 0 Å². The predicted octanol–water partition coefficient (Wildman–Crippen LogP) is -0.612. The topological polar surface area (TPSA) is 55.4 Å². The van der Waals surface area contributed by atoms with Gasteiger partial charge in [0.25, 0.3) is 11.6 Å². The summed E-state index contributed by atoms with van der Waals surface area (Å²) in [6.07, 6.45) is -0.140. The van der Waals surface area contributed by atoms with Gasteiger partial charge < -0.3 is 10.1 Å². The molecule has 0 aromatic rings. The molecule has 5 heteroatoms. The highest BCUT2D eigenvalue weighted by Crippen LogP contribution is 2.22. The Morgan fingerprint density at radius 3 is 2.82 bits per heavy atom. The predicted molar refractivity (Wildman–Crippen MR) is 33.5 cm³/mol. The summed E-state index contributed by atoms with van der Waals surface area (Å²) in [6, 6.07) is 0. The molecule has 0 spiro atoms. The van der Waals surface area contributed by atoms with Crippen LogP contribution in [-0.2, 0) is 14.3 Å². The minimum absolute atomic E-state index is 0.140. The van der Waals surface area contributed by atoms with Gasteiger partial charge in [-0.1, -0.05) is 0 Å². The first-order chi connectivity index (χ1) is 5.11. The molecule has 0 bridgehead atoms. The van der Waals surface area contributed by atoms with Crippen molar-refractivity contribution in [3.63, 3.8) is 0 Å². The Kier molecular flexibility index (Phi) is 1.80. The monoisotopic (exact) mass is 161 g/mol. The van der Waals surface area contributed by atoms with E-state index in [1.807, 2.05) is 0 Å². The van der Waals surface area contributed by atoms with Crippen LogP contribution in [0.25, 0.3) is 0 Å². The highest BCUT2D eigenvalue weighted by atomic mass is 19.1. The number of esters is 1. The van der Waals surface area contributed by atoms with Crippen molar-refractivity contribution in [3.8, 4) is 0 Å². The summed E-state index contributed by atoms with van der Waals surface area (Å²) in [5.41, 5.74) is -2.45. The lowest BCUT2D eigenvalue weighted by atomic mass is 10.1. The van der Waals surface area contributed by atoms with Crippen molar-refractivity contribution in [2.24, 2.45) is 0 Å². The van der Waals surface area contributed by atoms with Gasteiger partial charge >= 0.3 is 5.97 Å². The summed E-state index contributed by atoms with van der Waals surface area (Å²) in [6.45, 7) is 0.185. The van der Waals surface area contributed by atoms with Crippen LogP contribution in [0.2, 0.25) is 0 Å². The maximum atomic E-state index is 13.2. The fourth-order valence-corrected chi connectivity index (χ4v) is 0.958. The van der Waals surface area contributed by atoms with Crippen molar-refractivity contribution in [2.75, 3.05) is 13.7 Å². The summed E-state index contributed by atoms with van der Waals surface area (Å²) in [7, 11) is 1.05. The summed E-state index contributed by atoms with van der Waals surface area (Å²) < 4.78 is 17.3. The van der Waals surface area contributed by atoms with Gasteiger partial charge in [-0.05, 0) is 0 Å². The fraction of sp³-hybridized carbons (Fsp3) is 0.667. The minimum atomic E-state index is -2.45. The summed E-state index contributed by atoms with van der Waals surface area (Å²) in [5.74, 6) is -2.02. The molecule has 0 unspecified atom stereocenters. The van der Waals surface area contributed by atoms with Gasteiger partial charge in [-0.2, -0.15) is 0 Å². The van der Waals surface area contributed by atoms with Crippen LogP contribution >= 0.6 is 0 Å². The zero-order valence-corrected chi connectivity index (χ0v) is 6.02. The van der Waals surface area contributed by atoms with Crippen molar-refractivity contribution in [3.05, 3.63) is 0 Å². The second kappa shape index (κ2) is 2.48. The van der Waals surface area contributed by atoms with E-state index >= 15 is 0 Å². The SMILES string of the molecule is COC(=O)[C@]1(F)CCNC1=O. The molecule has 4 nitrogen and oxygen atoms in total. The molecule has 11 heavy (non-hydrogen) atoms. The van der Waals surface area contributed by atoms with Crippen LogP contribution < -0.4 is 5.32 Å². The molecule has 1 aliphatic heterocycles. The fourth-order valence-electron chi connectivity index (χ4n) is 0.958. The average molecular weight is 161 g/mol. The molecule has 1 fully saturated rings. The van der Waals surface area contributed by atoms with Crippen molar-refractivity contribution in [2.45, 2.75) is 12.1 Å². The van der Waals surface area contributed by atoms with Crippen molar-refractivity contribution >= 4 is 11.9 Å². The highest BCUT2D eigenvalue weighted by molar-refractivity contribution is 6.07. The lowest BCUT2D eigenvalue weighted by molar-refractivity contribution is -0.158. The number of carbonyl (C=O) groups is 2. The van der Waals surface area contributed by atoms with Gasteiger partial charge in [0.15, 0.2) is 0 Å². The van der Waals surface area contributed by atoms with E-state index in [1.54, 1.807) is 0 Å². The normalized spacial score (nSPS) is 29.8. The lowest BCUT2D eigenvalue weighted by Crippen LogP contribution is -2.42. The van der Waals surface area contributed by atoms with E-state index in [0.717, 1.165) is 7.11 Å². The molecule has 1 rings (SSSR count). The maximum absolute atomic E-state index is 13.2. The first-order valence-electron chi connectivity index (χ1n) is 3.17. The molecule has 0 aliphatic carbocycles. The van der Waals surface area contributed by atoms with E-state index in [4.69, 9.17) is 0 Å². The van der Waals surface area contributed by atoms with Crippen molar-refractivity contribution < 1.29 is 18.7 Å². The lowest BCUT2D eigenvalue weighted by Gasteiger charge is -2.11. The molecule has 0 saturated carbocycles. The van der Waals surface area contributed by atoms with E-state index in [0.29, 0.717) is 0 Å². The maximum Gasteiger partial charge on any atom is 0.353 e. The molecule has 1 saturated heterocycles. The summed E-state index contributed by atoms with van der Waals surface area (Å²) in [5, 5.41) is 2.21. The molecule has 1 aliphatic rings. The van der Waals surface area contributed by atoms with Gasteiger partial charge in [0.05, 0.1) is 7.11 Å². The quantitative estimate of drug-likeness (QED) is 0.412. The smallest absolute Gasteiger partial charge is 0.353 e. The van der Waals surface area contributed by atoms with Crippen LogP contribution in [0.15, 0.2) is 0 Å². The Morgan fingerprint density at radius 2 is 2.45 bits per heavy atom. The molecule has 62 valence electrons.